The molecule has 1 fully saturated rings. The largest absolute Gasteiger partial charge is 0.377 e. The van der Waals surface area contributed by atoms with Crippen molar-refractivity contribution in [2.75, 3.05) is 51.3 Å². The molecule has 0 unspecified atom stereocenters. The molecule has 0 bridgehead atoms. The standard InChI is InChI=1S/C33H45N5O3S.C2H6/c1-8-25(3)26(4)35-15-11-16-37-18-20-38(21-19-37)17-14-28-29(22-24(2)23-30(28)33(39)34-6)27(5)36-31-12-9-10-13-32(31)42(7,40)41;1-2/h8-15,17,22-23,27,36H,16,18-21H2,1-7H3,(H,34,39);1-2H3/b15-11+,17-14+,25-8-,35-26-;/t27-;/m1./s1. The number of nitrogens with zero attached hydrogens (tertiary/aromatic N) is 3. The summed E-state index contributed by atoms with van der Waals surface area (Å²) in [6.07, 6.45) is 11.3. The number of aliphatic imine (C=N–C) groups is 1. The summed E-state index contributed by atoms with van der Waals surface area (Å²) in [4.78, 5) is 22.4. The van der Waals surface area contributed by atoms with Crippen LogP contribution in [0, 0.1) is 6.92 Å². The minimum absolute atomic E-state index is 0.164. The van der Waals surface area contributed by atoms with Crippen LogP contribution >= 0.6 is 0 Å². The lowest BCUT2D eigenvalue weighted by atomic mass is 9.93. The van der Waals surface area contributed by atoms with Crippen molar-refractivity contribution in [3.8, 4) is 0 Å². The molecule has 2 aromatic carbocycles. The molecular weight excluding hydrogens is 570 g/mol. The quantitative estimate of drug-likeness (QED) is 0.279. The number of hydrogen-bond donors (Lipinski definition) is 2. The van der Waals surface area contributed by atoms with Gasteiger partial charge >= 0.3 is 0 Å². The number of aryl methyl sites for hydroxylation is 1. The average molecular weight is 622 g/mol. The first-order valence-electron chi connectivity index (χ1n) is 15.3. The van der Waals surface area contributed by atoms with Gasteiger partial charge in [-0.1, -0.05) is 44.2 Å². The van der Waals surface area contributed by atoms with Crippen LogP contribution in [0.1, 0.15) is 74.6 Å². The molecule has 44 heavy (non-hydrogen) atoms. The van der Waals surface area contributed by atoms with Crippen LogP contribution in [-0.4, -0.2) is 75.9 Å². The van der Waals surface area contributed by atoms with E-state index in [4.69, 9.17) is 0 Å². The molecule has 1 aliphatic rings. The molecule has 9 heteroatoms. The van der Waals surface area contributed by atoms with Crippen LogP contribution in [0.4, 0.5) is 5.69 Å². The topological polar surface area (TPSA) is 94.1 Å². The molecule has 2 N–H and O–H groups in total. The summed E-state index contributed by atoms with van der Waals surface area (Å²) < 4.78 is 24.8. The summed E-state index contributed by atoms with van der Waals surface area (Å²) in [6, 6.07) is 10.6. The van der Waals surface area contributed by atoms with Gasteiger partial charge in [0, 0.05) is 69.5 Å². The normalized spacial score (nSPS) is 15.7. The van der Waals surface area contributed by atoms with Gasteiger partial charge in [0.2, 0.25) is 0 Å². The first-order valence-corrected chi connectivity index (χ1v) is 17.2. The Labute approximate surface area is 265 Å². The number of carbonyl (C=O) groups excluding carboxylic acids is 1. The summed E-state index contributed by atoms with van der Waals surface area (Å²) in [5.74, 6) is -0.164. The van der Waals surface area contributed by atoms with Crippen LogP contribution in [0.2, 0.25) is 0 Å². The minimum Gasteiger partial charge on any atom is -0.377 e. The van der Waals surface area contributed by atoms with Crippen LogP contribution in [0.15, 0.2) is 76.4 Å². The predicted molar refractivity (Wildman–Crippen MR) is 186 cm³/mol. The van der Waals surface area contributed by atoms with Crippen molar-refractivity contribution in [3.63, 3.8) is 0 Å². The van der Waals surface area contributed by atoms with Gasteiger partial charge in [-0.15, -0.1) is 0 Å². The lowest BCUT2D eigenvalue weighted by Crippen LogP contribution is -2.43. The summed E-state index contributed by atoms with van der Waals surface area (Å²) >= 11 is 0. The molecule has 240 valence electrons. The zero-order valence-electron chi connectivity index (χ0n) is 27.9. The number of carbonyl (C=O) groups is 1. The Bertz CT molecular complexity index is 1480. The third kappa shape index (κ3) is 10.5. The van der Waals surface area contributed by atoms with E-state index in [2.05, 4.69) is 56.8 Å². The highest BCUT2D eigenvalue weighted by molar-refractivity contribution is 7.90. The molecule has 0 saturated carbocycles. The second-order valence-corrected chi connectivity index (χ2v) is 12.7. The van der Waals surface area contributed by atoms with E-state index in [1.807, 2.05) is 66.0 Å². The van der Waals surface area contributed by atoms with Gasteiger partial charge in [-0.05, 0) is 87.4 Å². The lowest BCUT2D eigenvalue weighted by Gasteiger charge is -2.33. The molecule has 1 saturated heterocycles. The number of piperazine rings is 1. The SMILES string of the molecule is CC.C\C=C(C)/C(C)=N\C=C\CN1CCN(/C=C/c2c(C(=O)NC)cc(C)cc2[C@@H](C)Nc2ccccc2S(C)(=O)=O)CC1. The van der Waals surface area contributed by atoms with E-state index in [9.17, 15) is 13.2 Å². The van der Waals surface area contributed by atoms with Crippen molar-refractivity contribution in [2.24, 2.45) is 4.99 Å². The molecule has 0 radical (unpaired) electrons. The first-order chi connectivity index (χ1) is 20.9. The Hall–Kier alpha value is -3.69. The van der Waals surface area contributed by atoms with Gasteiger partial charge in [0.1, 0.15) is 0 Å². The smallest absolute Gasteiger partial charge is 0.251 e. The molecule has 1 heterocycles. The van der Waals surface area contributed by atoms with Crippen LogP contribution in [0.5, 0.6) is 0 Å². The third-order valence-electron chi connectivity index (χ3n) is 7.55. The van der Waals surface area contributed by atoms with E-state index >= 15 is 0 Å². The maximum absolute atomic E-state index is 12.9. The van der Waals surface area contributed by atoms with Gasteiger partial charge in [0.15, 0.2) is 9.84 Å². The number of hydrogen-bond acceptors (Lipinski definition) is 7. The van der Waals surface area contributed by atoms with E-state index in [1.165, 1.54) is 11.8 Å². The van der Waals surface area contributed by atoms with Crippen molar-refractivity contribution in [2.45, 2.75) is 59.4 Å². The van der Waals surface area contributed by atoms with E-state index in [-0.39, 0.29) is 16.8 Å². The van der Waals surface area contributed by atoms with E-state index < -0.39 is 9.84 Å². The Morgan fingerprint density at radius 2 is 1.75 bits per heavy atom. The van der Waals surface area contributed by atoms with Gasteiger partial charge < -0.3 is 15.5 Å². The Kier molecular flexibility index (Phi) is 14.6. The van der Waals surface area contributed by atoms with Crippen molar-refractivity contribution in [1.29, 1.82) is 0 Å². The fourth-order valence-corrected chi connectivity index (χ4v) is 5.71. The number of allylic oxidation sites excluding steroid dienone is 2. The first kappa shape index (κ1) is 36.5. The van der Waals surface area contributed by atoms with Crippen LogP contribution in [-0.2, 0) is 9.84 Å². The van der Waals surface area contributed by atoms with E-state index in [1.54, 1.807) is 25.2 Å². The number of para-hydroxylation sites is 1. The summed E-state index contributed by atoms with van der Waals surface area (Å²) in [7, 11) is -1.79. The highest BCUT2D eigenvalue weighted by Gasteiger charge is 2.21. The van der Waals surface area contributed by atoms with Crippen LogP contribution in [0.3, 0.4) is 0 Å². The molecule has 2 aromatic rings. The zero-order valence-corrected chi connectivity index (χ0v) is 28.8. The molecule has 3 rings (SSSR count). The molecule has 0 aromatic heterocycles. The Morgan fingerprint density at radius 3 is 2.36 bits per heavy atom. The number of rotatable bonds is 11. The molecule has 8 nitrogen and oxygen atoms in total. The molecule has 0 spiro atoms. The number of amides is 1. The van der Waals surface area contributed by atoms with Gasteiger partial charge in [0.05, 0.1) is 10.6 Å². The Morgan fingerprint density at radius 1 is 1.09 bits per heavy atom. The van der Waals surface area contributed by atoms with Gasteiger partial charge in [0.25, 0.3) is 5.91 Å². The Balaban J connectivity index is 0.00000330. The highest BCUT2D eigenvalue weighted by atomic mass is 32.2. The third-order valence-corrected chi connectivity index (χ3v) is 8.71. The van der Waals surface area contributed by atoms with Crippen LogP contribution in [0.25, 0.3) is 6.08 Å². The average Bonchev–Trinajstić information content (AvgIpc) is 3.02. The van der Waals surface area contributed by atoms with Gasteiger partial charge in [-0.2, -0.15) is 0 Å². The van der Waals surface area contributed by atoms with E-state index in [0.717, 1.165) is 55.1 Å². The number of anilines is 1. The van der Waals surface area contributed by atoms with Crippen molar-refractivity contribution < 1.29 is 13.2 Å². The summed E-state index contributed by atoms with van der Waals surface area (Å²) in [6.45, 7) is 18.5. The van der Waals surface area contributed by atoms with E-state index in [0.29, 0.717) is 11.3 Å². The number of nitrogens with one attached hydrogen (secondary N) is 2. The maximum Gasteiger partial charge on any atom is 0.251 e. The molecule has 0 aliphatic carbocycles. The van der Waals surface area contributed by atoms with Gasteiger partial charge in [-0.3, -0.25) is 14.7 Å². The minimum atomic E-state index is -3.41. The fraction of sp³-hybridized carbons (Fsp3) is 0.429. The highest BCUT2D eigenvalue weighted by Crippen LogP contribution is 2.30. The second-order valence-electron chi connectivity index (χ2n) is 10.8. The van der Waals surface area contributed by atoms with Crippen molar-refractivity contribution in [3.05, 3.63) is 88.8 Å². The fourth-order valence-electron chi connectivity index (χ4n) is 4.86. The van der Waals surface area contributed by atoms with Crippen LogP contribution < -0.4 is 10.6 Å². The van der Waals surface area contributed by atoms with Crippen molar-refractivity contribution in [1.82, 2.24) is 15.1 Å². The lowest BCUT2D eigenvalue weighted by molar-refractivity contribution is 0.0962. The maximum atomic E-state index is 12.9. The molecule has 1 aliphatic heterocycles. The molecule has 1 amide bonds. The number of benzene rings is 2. The summed E-state index contributed by atoms with van der Waals surface area (Å²) in [5, 5.41) is 6.15. The van der Waals surface area contributed by atoms with Crippen molar-refractivity contribution >= 4 is 33.2 Å². The number of sulfone groups is 1. The summed E-state index contributed by atoms with van der Waals surface area (Å²) in [5.41, 5.74) is 6.01. The predicted octanol–water partition coefficient (Wildman–Crippen LogP) is 6.49. The molecular formula is C35H51N5O3S. The van der Waals surface area contributed by atoms with Gasteiger partial charge in [-0.25, -0.2) is 8.42 Å². The zero-order chi connectivity index (χ0) is 32.9. The second kappa shape index (κ2) is 17.6. The molecule has 1 atom stereocenters. The monoisotopic (exact) mass is 621 g/mol.